The number of ether oxygens (including phenoxy) is 1. The molecular formula is C14H18F3NO3S. The average molecular weight is 337 g/mol. The van der Waals surface area contributed by atoms with E-state index < -0.39 is 33.6 Å². The molecule has 4 nitrogen and oxygen atoms in total. The molecule has 22 heavy (non-hydrogen) atoms. The third kappa shape index (κ3) is 4.13. The van der Waals surface area contributed by atoms with Crippen molar-refractivity contribution in [2.75, 3.05) is 12.3 Å². The van der Waals surface area contributed by atoms with E-state index in [0.717, 1.165) is 12.1 Å². The summed E-state index contributed by atoms with van der Waals surface area (Å²) in [6, 6.07) is 2.96. The Kier molecular flexibility index (Phi) is 5.33. The van der Waals surface area contributed by atoms with Gasteiger partial charge < -0.3 is 10.1 Å². The number of hydrogen-bond acceptors (Lipinski definition) is 4. The largest absolute Gasteiger partial charge is 0.434 e. The number of sulfone groups is 1. The summed E-state index contributed by atoms with van der Waals surface area (Å²) in [5.74, 6) is -0.737. The zero-order chi connectivity index (χ0) is 16.3. The molecule has 2 rings (SSSR count). The van der Waals surface area contributed by atoms with Crippen LogP contribution in [-0.4, -0.2) is 32.6 Å². The normalized spacial score (nSPS) is 22.0. The Morgan fingerprint density at radius 1 is 1.41 bits per heavy atom. The SMILES string of the molecule is C[C@@H](NC[C@H]1CCCS1(=O)=O)c1ccc(F)cc1OC(F)F. The molecule has 124 valence electrons. The summed E-state index contributed by atoms with van der Waals surface area (Å²) in [5, 5.41) is 2.54. The summed E-state index contributed by atoms with van der Waals surface area (Å²) in [5.41, 5.74) is 0.358. The number of halogens is 3. The zero-order valence-electron chi connectivity index (χ0n) is 12.1. The van der Waals surface area contributed by atoms with E-state index in [1.165, 1.54) is 6.07 Å². The molecule has 0 saturated carbocycles. The highest BCUT2D eigenvalue weighted by Crippen LogP contribution is 2.28. The van der Waals surface area contributed by atoms with Crippen LogP contribution in [0.4, 0.5) is 13.2 Å². The first-order valence-corrected chi connectivity index (χ1v) is 8.70. The monoisotopic (exact) mass is 337 g/mol. The number of rotatable bonds is 6. The topological polar surface area (TPSA) is 55.4 Å². The minimum Gasteiger partial charge on any atom is -0.434 e. The van der Waals surface area contributed by atoms with E-state index in [4.69, 9.17) is 0 Å². The molecule has 2 atom stereocenters. The van der Waals surface area contributed by atoms with Crippen molar-refractivity contribution in [3.05, 3.63) is 29.6 Å². The molecule has 1 aromatic carbocycles. The van der Waals surface area contributed by atoms with Crippen LogP contribution in [0.25, 0.3) is 0 Å². The van der Waals surface area contributed by atoms with Gasteiger partial charge in [0.25, 0.3) is 0 Å². The summed E-state index contributed by atoms with van der Waals surface area (Å²) in [6.45, 7) is -1.13. The molecular weight excluding hydrogens is 319 g/mol. The van der Waals surface area contributed by atoms with Crippen molar-refractivity contribution in [2.45, 2.75) is 37.7 Å². The van der Waals surface area contributed by atoms with Gasteiger partial charge in [0.2, 0.25) is 0 Å². The van der Waals surface area contributed by atoms with Gasteiger partial charge in [-0.3, -0.25) is 0 Å². The molecule has 1 heterocycles. The fourth-order valence-corrected chi connectivity index (χ4v) is 4.35. The van der Waals surface area contributed by atoms with Gasteiger partial charge in [-0.2, -0.15) is 8.78 Å². The second-order valence-electron chi connectivity index (χ2n) is 5.32. The van der Waals surface area contributed by atoms with Crippen molar-refractivity contribution in [1.29, 1.82) is 0 Å². The van der Waals surface area contributed by atoms with Crippen molar-refractivity contribution < 1.29 is 26.3 Å². The average Bonchev–Trinajstić information content (AvgIpc) is 2.74. The van der Waals surface area contributed by atoms with Crippen LogP contribution in [0.1, 0.15) is 31.4 Å². The molecule has 8 heteroatoms. The van der Waals surface area contributed by atoms with Gasteiger partial charge >= 0.3 is 6.61 Å². The van der Waals surface area contributed by atoms with Crippen LogP contribution in [0, 0.1) is 5.82 Å². The molecule has 1 N–H and O–H groups in total. The predicted molar refractivity (Wildman–Crippen MR) is 76.3 cm³/mol. The van der Waals surface area contributed by atoms with E-state index in [1.54, 1.807) is 6.92 Å². The van der Waals surface area contributed by atoms with Gasteiger partial charge in [-0.25, -0.2) is 12.8 Å². The van der Waals surface area contributed by atoms with E-state index in [2.05, 4.69) is 10.1 Å². The lowest BCUT2D eigenvalue weighted by atomic mass is 10.1. The minimum absolute atomic E-state index is 0.185. The summed E-state index contributed by atoms with van der Waals surface area (Å²) in [4.78, 5) is 0. The lowest BCUT2D eigenvalue weighted by Crippen LogP contribution is -2.32. The quantitative estimate of drug-likeness (QED) is 0.867. The number of hydrogen-bond donors (Lipinski definition) is 1. The molecule has 0 spiro atoms. The van der Waals surface area contributed by atoms with Crippen molar-refractivity contribution in [2.24, 2.45) is 0 Å². The molecule has 0 unspecified atom stereocenters. The van der Waals surface area contributed by atoms with E-state index in [1.807, 2.05) is 0 Å². The molecule has 0 aromatic heterocycles. The van der Waals surface area contributed by atoms with Gasteiger partial charge in [-0.15, -0.1) is 0 Å². The van der Waals surface area contributed by atoms with Crippen LogP contribution in [-0.2, 0) is 9.84 Å². The van der Waals surface area contributed by atoms with Gasteiger partial charge in [-0.1, -0.05) is 6.07 Å². The van der Waals surface area contributed by atoms with Crippen molar-refractivity contribution in [1.82, 2.24) is 5.32 Å². The van der Waals surface area contributed by atoms with Gasteiger partial charge in [0, 0.05) is 24.2 Å². The zero-order valence-corrected chi connectivity index (χ0v) is 12.9. The number of nitrogens with one attached hydrogen (secondary N) is 1. The molecule has 1 saturated heterocycles. The minimum atomic E-state index is -3.07. The van der Waals surface area contributed by atoms with Gasteiger partial charge in [0.05, 0.1) is 11.0 Å². The summed E-state index contributed by atoms with van der Waals surface area (Å²) < 4.78 is 65.8. The Hall–Kier alpha value is -1.28. The van der Waals surface area contributed by atoms with Crippen LogP contribution in [0.3, 0.4) is 0 Å². The lowest BCUT2D eigenvalue weighted by molar-refractivity contribution is -0.0508. The third-order valence-corrected chi connectivity index (χ3v) is 6.05. The Bertz CT molecular complexity index is 622. The Labute approximate surface area is 127 Å². The first-order chi connectivity index (χ1) is 10.3. The summed E-state index contributed by atoms with van der Waals surface area (Å²) >= 11 is 0. The van der Waals surface area contributed by atoms with Crippen molar-refractivity contribution in [3.63, 3.8) is 0 Å². The molecule has 0 radical (unpaired) electrons. The highest BCUT2D eigenvalue weighted by molar-refractivity contribution is 7.92. The molecule has 0 amide bonds. The molecule has 1 aromatic rings. The van der Waals surface area contributed by atoms with Crippen LogP contribution in [0.2, 0.25) is 0 Å². The third-order valence-electron chi connectivity index (χ3n) is 3.77. The van der Waals surface area contributed by atoms with E-state index in [9.17, 15) is 21.6 Å². The van der Waals surface area contributed by atoms with E-state index >= 15 is 0 Å². The van der Waals surface area contributed by atoms with E-state index in [0.29, 0.717) is 18.4 Å². The van der Waals surface area contributed by atoms with Crippen molar-refractivity contribution in [3.8, 4) is 5.75 Å². The highest BCUT2D eigenvalue weighted by atomic mass is 32.2. The fraction of sp³-hybridized carbons (Fsp3) is 0.571. The first kappa shape index (κ1) is 17.1. The Balaban J connectivity index is 2.07. The maximum Gasteiger partial charge on any atom is 0.387 e. The van der Waals surface area contributed by atoms with Gasteiger partial charge in [0.15, 0.2) is 9.84 Å². The smallest absolute Gasteiger partial charge is 0.387 e. The van der Waals surface area contributed by atoms with Crippen LogP contribution >= 0.6 is 0 Å². The maximum atomic E-state index is 13.2. The number of benzene rings is 1. The highest BCUT2D eigenvalue weighted by Gasteiger charge is 2.31. The molecule has 1 aliphatic rings. The standard InChI is InChI=1S/C14H18F3NO3S/c1-9(18-8-11-3-2-6-22(11,19)20)12-5-4-10(15)7-13(12)21-14(16)17/h4-5,7,9,11,14,18H,2-3,6,8H2,1H3/t9-,11-/m1/s1. The van der Waals surface area contributed by atoms with Gasteiger partial charge in [-0.05, 0) is 25.8 Å². The van der Waals surface area contributed by atoms with Crippen LogP contribution in [0.5, 0.6) is 5.75 Å². The Morgan fingerprint density at radius 3 is 2.73 bits per heavy atom. The molecule has 1 fully saturated rings. The second-order valence-corrected chi connectivity index (χ2v) is 7.72. The fourth-order valence-electron chi connectivity index (χ4n) is 2.57. The van der Waals surface area contributed by atoms with Crippen LogP contribution in [0.15, 0.2) is 18.2 Å². The second kappa shape index (κ2) is 6.87. The Morgan fingerprint density at radius 2 is 2.14 bits per heavy atom. The number of alkyl halides is 2. The maximum absolute atomic E-state index is 13.2. The van der Waals surface area contributed by atoms with Crippen LogP contribution < -0.4 is 10.1 Å². The van der Waals surface area contributed by atoms with Crippen molar-refractivity contribution >= 4 is 9.84 Å². The van der Waals surface area contributed by atoms with Gasteiger partial charge in [0.1, 0.15) is 11.6 Å². The molecule has 0 aliphatic carbocycles. The summed E-state index contributed by atoms with van der Waals surface area (Å²) in [6.07, 6.45) is 1.23. The molecule has 1 aliphatic heterocycles. The van der Waals surface area contributed by atoms with E-state index in [-0.39, 0.29) is 18.0 Å². The first-order valence-electron chi connectivity index (χ1n) is 6.99. The lowest BCUT2D eigenvalue weighted by Gasteiger charge is -2.20. The summed E-state index contributed by atoms with van der Waals surface area (Å²) in [7, 11) is -3.07. The molecule has 0 bridgehead atoms. The predicted octanol–water partition coefficient (Wildman–Crippen LogP) is 2.65.